The van der Waals surface area contributed by atoms with E-state index < -0.39 is 0 Å². The Morgan fingerprint density at radius 1 is 1.14 bits per heavy atom. The highest BCUT2D eigenvalue weighted by atomic mass is 16.5. The first kappa shape index (κ1) is 18.4. The molecule has 0 radical (unpaired) electrons. The average molecular weight is 304 g/mol. The Labute approximate surface area is 134 Å². The number of hydrogen-bond acceptors (Lipinski definition) is 3. The maximum Gasteiger partial charge on any atom is 0.166 e. The number of unbranched alkanes of at least 4 members (excludes halogenated alkanes) is 1. The van der Waals surface area contributed by atoms with E-state index in [4.69, 9.17) is 4.74 Å². The van der Waals surface area contributed by atoms with Gasteiger partial charge in [-0.3, -0.25) is 9.59 Å². The number of benzene rings is 1. The Kier molecular flexibility index (Phi) is 7.30. The van der Waals surface area contributed by atoms with Gasteiger partial charge in [-0.1, -0.05) is 40.5 Å². The first-order valence-electron chi connectivity index (χ1n) is 8.26. The summed E-state index contributed by atoms with van der Waals surface area (Å²) >= 11 is 0. The third kappa shape index (κ3) is 4.97. The minimum absolute atomic E-state index is 0.0164. The maximum atomic E-state index is 12.3. The minimum atomic E-state index is -0.143. The lowest BCUT2D eigenvalue weighted by atomic mass is 9.94. The summed E-state index contributed by atoms with van der Waals surface area (Å²) in [5.41, 5.74) is 0.956. The Bertz CT molecular complexity index is 517. The number of rotatable bonds is 9. The van der Waals surface area contributed by atoms with Crippen LogP contribution in [0.3, 0.4) is 0 Å². The summed E-state index contributed by atoms with van der Waals surface area (Å²) in [7, 11) is 0. The molecule has 122 valence electrons. The van der Waals surface area contributed by atoms with E-state index in [-0.39, 0.29) is 23.6 Å². The molecule has 1 atom stereocenters. The fourth-order valence-corrected chi connectivity index (χ4v) is 2.39. The van der Waals surface area contributed by atoms with Crippen molar-refractivity contribution in [2.45, 2.75) is 66.4 Å². The van der Waals surface area contributed by atoms with Crippen LogP contribution in [-0.4, -0.2) is 17.7 Å². The second kappa shape index (κ2) is 8.72. The summed E-state index contributed by atoms with van der Waals surface area (Å²) in [4.78, 5) is 24.1. The third-order valence-corrected chi connectivity index (χ3v) is 3.80. The van der Waals surface area contributed by atoms with E-state index >= 15 is 0 Å². The smallest absolute Gasteiger partial charge is 0.166 e. The van der Waals surface area contributed by atoms with Crippen LogP contribution in [0, 0.1) is 5.92 Å². The second-order valence-corrected chi connectivity index (χ2v) is 6.07. The Morgan fingerprint density at radius 3 is 2.32 bits per heavy atom. The highest BCUT2D eigenvalue weighted by Crippen LogP contribution is 2.24. The van der Waals surface area contributed by atoms with E-state index in [2.05, 4.69) is 13.8 Å². The number of carbonyl (C=O) groups excluding carboxylic acids is 2. The van der Waals surface area contributed by atoms with Gasteiger partial charge in [0.15, 0.2) is 11.6 Å². The zero-order valence-corrected chi connectivity index (χ0v) is 14.4. The van der Waals surface area contributed by atoms with Gasteiger partial charge in [-0.05, 0) is 38.0 Å². The van der Waals surface area contributed by atoms with Gasteiger partial charge in [0.25, 0.3) is 0 Å². The van der Waals surface area contributed by atoms with Crippen molar-refractivity contribution >= 4 is 11.6 Å². The molecule has 0 heterocycles. The standard InChI is InChI=1S/C19H28O3/c1-6-8-9-15(7-2)22-16-10-11-17(14(5)20)18(12-16)19(21)13(3)4/h10-13,15H,6-9H2,1-5H3. The molecule has 1 aromatic carbocycles. The molecular formula is C19H28O3. The van der Waals surface area contributed by atoms with Crippen LogP contribution in [0.2, 0.25) is 0 Å². The minimum Gasteiger partial charge on any atom is -0.490 e. The summed E-state index contributed by atoms with van der Waals surface area (Å²) in [5.74, 6) is 0.429. The van der Waals surface area contributed by atoms with Crippen molar-refractivity contribution in [3.05, 3.63) is 29.3 Å². The molecule has 0 amide bonds. The maximum absolute atomic E-state index is 12.3. The van der Waals surface area contributed by atoms with E-state index in [0.29, 0.717) is 16.9 Å². The molecule has 1 rings (SSSR count). The quantitative estimate of drug-likeness (QED) is 0.598. The van der Waals surface area contributed by atoms with Gasteiger partial charge in [-0.25, -0.2) is 0 Å². The van der Waals surface area contributed by atoms with Gasteiger partial charge in [0.05, 0.1) is 6.10 Å². The van der Waals surface area contributed by atoms with E-state index in [0.717, 1.165) is 25.7 Å². The number of Topliss-reactive ketones (excluding diaryl/α,β-unsaturated/α-hetero) is 2. The van der Waals surface area contributed by atoms with Crippen molar-refractivity contribution in [2.24, 2.45) is 5.92 Å². The monoisotopic (exact) mass is 304 g/mol. The van der Waals surface area contributed by atoms with Crippen LogP contribution < -0.4 is 4.74 Å². The van der Waals surface area contributed by atoms with Crippen molar-refractivity contribution in [3.8, 4) is 5.75 Å². The fourth-order valence-electron chi connectivity index (χ4n) is 2.39. The van der Waals surface area contributed by atoms with Crippen molar-refractivity contribution in [1.29, 1.82) is 0 Å². The largest absolute Gasteiger partial charge is 0.490 e. The molecule has 22 heavy (non-hydrogen) atoms. The first-order chi connectivity index (χ1) is 10.4. The molecule has 0 aromatic heterocycles. The normalized spacial score (nSPS) is 12.3. The third-order valence-electron chi connectivity index (χ3n) is 3.80. The zero-order chi connectivity index (χ0) is 16.7. The Hall–Kier alpha value is -1.64. The van der Waals surface area contributed by atoms with Gasteiger partial charge in [0.1, 0.15) is 5.75 Å². The topological polar surface area (TPSA) is 43.4 Å². The summed E-state index contributed by atoms with van der Waals surface area (Å²) in [5, 5.41) is 0. The van der Waals surface area contributed by atoms with Gasteiger partial charge in [-0.2, -0.15) is 0 Å². The molecule has 0 saturated heterocycles. The lowest BCUT2D eigenvalue weighted by Gasteiger charge is -2.19. The molecule has 3 nitrogen and oxygen atoms in total. The lowest BCUT2D eigenvalue weighted by Crippen LogP contribution is -2.17. The number of hydrogen-bond donors (Lipinski definition) is 0. The predicted octanol–water partition coefficient (Wildman–Crippen LogP) is 5.08. The number of ether oxygens (including phenoxy) is 1. The number of carbonyl (C=O) groups is 2. The first-order valence-corrected chi connectivity index (χ1v) is 8.26. The molecule has 0 saturated carbocycles. The van der Waals surface area contributed by atoms with E-state index in [1.165, 1.54) is 6.92 Å². The van der Waals surface area contributed by atoms with Crippen LogP contribution in [-0.2, 0) is 0 Å². The molecule has 0 aliphatic rings. The van der Waals surface area contributed by atoms with Crippen LogP contribution >= 0.6 is 0 Å². The lowest BCUT2D eigenvalue weighted by molar-refractivity contribution is 0.0925. The highest BCUT2D eigenvalue weighted by molar-refractivity contribution is 6.08. The van der Waals surface area contributed by atoms with Gasteiger partial charge in [-0.15, -0.1) is 0 Å². The molecule has 0 fully saturated rings. The average Bonchev–Trinajstić information content (AvgIpc) is 2.50. The molecule has 0 aliphatic carbocycles. The predicted molar refractivity (Wildman–Crippen MR) is 89.8 cm³/mol. The van der Waals surface area contributed by atoms with Crippen LogP contribution in [0.25, 0.3) is 0 Å². The SMILES string of the molecule is CCCCC(CC)Oc1ccc(C(C)=O)c(C(=O)C(C)C)c1. The zero-order valence-electron chi connectivity index (χ0n) is 14.4. The van der Waals surface area contributed by atoms with E-state index in [9.17, 15) is 9.59 Å². The van der Waals surface area contributed by atoms with Gasteiger partial charge >= 0.3 is 0 Å². The summed E-state index contributed by atoms with van der Waals surface area (Å²) < 4.78 is 6.01. The van der Waals surface area contributed by atoms with Crippen LogP contribution in [0.15, 0.2) is 18.2 Å². The van der Waals surface area contributed by atoms with Crippen LogP contribution in [0.5, 0.6) is 5.75 Å². The second-order valence-electron chi connectivity index (χ2n) is 6.07. The number of ketones is 2. The summed E-state index contributed by atoms with van der Waals surface area (Å²) in [6.45, 7) is 9.44. The Balaban J connectivity index is 3.05. The van der Waals surface area contributed by atoms with E-state index in [1.807, 2.05) is 13.8 Å². The molecule has 0 N–H and O–H groups in total. The van der Waals surface area contributed by atoms with Gasteiger partial charge in [0.2, 0.25) is 0 Å². The van der Waals surface area contributed by atoms with Crippen molar-refractivity contribution in [2.75, 3.05) is 0 Å². The molecule has 0 aliphatic heterocycles. The molecule has 3 heteroatoms. The summed E-state index contributed by atoms with van der Waals surface area (Å²) in [6, 6.07) is 5.23. The fraction of sp³-hybridized carbons (Fsp3) is 0.579. The summed E-state index contributed by atoms with van der Waals surface area (Å²) in [6.07, 6.45) is 4.36. The van der Waals surface area contributed by atoms with Crippen molar-refractivity contribution < 1.29 is 14.3 Å². The molecule has 0 spiro atoms. The van der Waals surface area contributed by atoms with Crippen molar-refractivity contribution in [1.82, 2.24) is 0 Å². The van der Waals surface area contributed by atoms with Crippen molar-refractivity contribution in [3.63, 3.8) is 0 Å². The Morgan fingerprint density at radius 2 is 1.82 bits per heavy atom. The van der Waals surface area contributed by atoms with Crippen LogP contribution in [0.1, 0.15) is 81.0 Å². The van der Waals surface area contributed by atoms with Crippen LogP contribution in [0.4, 0.5) is 0 Å². The molecular weight excluding hydrogens is 276 g/mol. The van der Waals surface area contributed by atoms with E-state index in [1.54, 1.807) is 18.2 Å². The van der Waals surface area contributed by atoms with Gasteiger partial charge in [0, 0.05) is 17.0 Å². The molecule has 1 unspecified atom stereocenters. The molecule has 0 bridgehead atoms. The highest BCUT2D eigenvalue weighted by Gasteiger charge is 2.19. The van der Waals surface area contributed by atoms with Gasteiger partial charge < -0.3 is 4.74 Å². The molecule has 1 aromatic rings.